The molecule has 2 heterocycles. The molecule has 5 rings (SSSR count). The van der Waals surface area contributed by atoms with Crippen LogP contribution in [0.5, 0.6) is 0 Å². The van der Waals surface area contributed by atoms with Crippen LogP contribution in [0.4, 0.5) is 11.4 Å². The highest BCUT2D eigenvalue weighted by atomic mass is 16.5. The summed E-state index contributed by atoms with van der Waals surface area (Å²) in [5.41, 5.74) is 4.02. The predicted octanol–water partition coefficient (Wildman–Crippen LogP) is 4.86. The van der Waals surface area contributed by atoms with Crippen molar-refractivity contribution in [2.75, 3.05) is 49.1 Å². The molecule has 0 N–H and O–H groups in total. The molecule has 3 aromatic rings. The van der Waals surface area contributed by atoms with E-state index in [1.54, 1.807) is 0 Å². The highest BCUT2D eigenvalue weighted by molar-refractivity contribution is 6.26. The molecule has 0 bridgehead atoms. The van der Waals surface area contributed by atoms with Crippen molar-refractivity contribution in [3.63, 3.8) is 0 Å². The fourth-order valence-corrected chi connectivity index (χ4v) is 5.18. The molecule has 2 aliphatic rings. The van der Waals surface area contributed by atoms with E-state index in [4.69, 9.17) is 4.74 Å². The normalized spacial score (nSPS) is 16.1. The molecule has 1 fully saturated rings. The Kier molecular flexibility index (Phi) is 7.00. The van der Waals surface area contributed by atoms with Gasteiger partial charge in [0, 0.05) is 54.7 Å². The van der Waals surface area contributed by atoms with Gasteiger partial charge in [0.1, 0.15) is 6.61 Å². The first-order valence-electron chi connectivity index (χ1n) is 12.7. The first-order chi connectivity index (χ1) is 17.2. The van der Waals surface area contributed by atoms with Crippen LogP contribution in [-0.4, -0.2) is 56.0 Å². The van der Waals surface area contributed by atoms with Gasteiger partial charge in [-0.15, -0.1) is 0 Å². The first-order valence-corrected chi connectivity index (χ1v) is 12.7. The van der Waals surface area contributed by atoms with Gasteiger partial charge in [-0.05, 0) is 36.6 Å². The molecule has 0 aliphatic carbocycles. The van der Waals surface area contributed by atoms with Gasteiger partial charge in [0.2, 0.25) is 0 Å². The summed E-state index contributed by atoms with van der Waals surface area (Å²) < 4.78 is 5.49. The number of carbonyl (C=O) groups excluding carboxylic acids is 2. The van der Waals surface area contributed by atoms with Crippen LogP contribution in [0.3, 0.4) is 0 Å². The highest BCUT2D eigenvalue weighted by Gasteiger charge is 2.31. The second-order valence-corrected chi connectivity index (χ2v) is 9.41. The van der Waals surface area contributed by atoms with E-state index in [1.807, 2.05) is 47.4 Å². The SMILES string of the molecule is CCCCN1C(=O)c2cccc3c(N4CCCN(CC(=O)OCc5ccccc5)CC4)ccc1c23. The van der Waals surface area contributed by atoms with E-state index in [-0.39, 0.29) is 11.9 Å². The summed E-state index contributed by atoms with van der Waals surface area (Å²) in [6.45, 7) is 6.95. The van der Waals surface area contributed by atoms with E-state index < -0.39 is 0 Å². The van der Waals surface area contributed by atoms with Crippen LogP contribution in [0.15, 0.2) is 60.7 Å². The molecule has 1 saturated heterocycles. The van der Waals surface area contributed by atoms with E-state index in [0.29, 0.717) is 13.2 Å². The Labute approximate surface area is 207 Å². The molecule has 2 aliphatic heterocycles. The predicted molar refractivity (Wildman–Crippen MR) is 140 cm³/mol. The molecular formula is C29H33N3O3. The minimum Gasteiger partial charge on any atom is -0.460 e. The number of nitrogens with zero attached hydrogens (tertiary/aromatic N) is 3. The number of anilines is 2. The fraction of sp³-hybridized carbons (Fsp3) is 0.379. The van der Waals surface area contributed by atoms with Crippen LogP contribution in [0.2, 0.25) is 0 Å². The maximum absolute atomic E-state index is 13.1. The van der Waals surface area contributed by atoms with Crippen molar-refractivity contribution in [1.29, 1.82) is 0 Å². The van der Waals surface area contributed by atoms with Crippen LogP contribution < -0.4 is 9.80 Å². The van der Waals surface area contributed by atoms with Crippen molar-refractivity contribution in [2.24, 2.45) is 0 Å². The number of esters is 1. The van der Waals surface area contributed by atoms with E-state index in [2.05, 4.69) is 34.9 Å². The average Bonchev–Trinajstić information content (AvgIpc) is 3.01. The van der Waals surface area contributed by atoms with Crippen molar-refractivity contribution in [2.45, 2.75) is 32.8 Å². The quantitative estimate of drug-likeness (QED) is 0.440. The van der Waals surface area contributed by atoms with Crippen molar-refractivity contribution in [3.8, 4) is 0 Å². The highest BCUT2D eigenvalue weighted by Crippen LogP contribution is 2.42. The number of hydrogen-bond acceptors (Lipinski definition) is 5. The monoisotopic (exact) mass is 471 g/mol. The van der Waals surface area contributed by atoms with Gasteiger partial charge < -0.3 is 14.5 Å². The summed E-state index contributed by atoms with van der Waals surface area (Å²) in [4.78, 5) is 32.0. The lowest BCUT2D eigenvalue weighted by molar-refractivity contribution is -0.146. The van der Waals surface area contributed by atoms with Crippen LogP contribution in [-0.2, 0) is 16.1 Å². The van der Waals surface area contributed by atoms with Gasteiger partial charge in [0.05, 0.1) is 12.2 Å². The van der Waals surface area contributed by atoms with E-state index in [1.165, 1.54) is 5.69 Å². The lowest BCUT2D eigenvalue weighted by Crippen LogP contribution is -2.35. The van der Waals surface area contributed by atoms with Crippen LogP contribution in [0, 0.1) is 0 Å². The molecule has 0 spiro atoms. The number of amides is 1. The summed E-state index contributed by atoms with van der Waals surface area (Å²) >= 11 is 0. The Morgan fingerprint density at radius 2 is 1.74 bits per heavy atom. The Morgan fingerprint density at radius 1 is 0.914 bits per heavy atom. The van der Waals surface area contributed by atoms with Gasteiger partial charge >= 0.3 is 5.97 Å². The molecule has 35 heavy (non-hydrogen) atoms. The molecule has 0 unspecified atom stereocenters. The molecule has 0 atom stereocenters. The minimum atomic E-state index is -0.182. The molecular weight excluding hydrogens is 438 g/mol. The maximum Gasteiger partial charge on any atom is 0.320 e. The van der Waals surface area contributed by atoms with Gasteiger partial charge in [0.25, 0.3) is 5.91 Å². The van der Waals surface area contributed by atoms with Gasteiger partial charge in [-0.1, -0.05) is 55.8 Å². The zero-order valence-corrected chi connectivity index (χ0v) is 20.4. The zero-order valence-electron chi connectivity index (χ0n) is 20.4. The van der Waals surface area contributed by atoms with Gasteiger partial charge in [-0.2, -0.15) is 0 Å². The summed E-state index contributed by atoms with van der Waals surface area (Å²) in [5, 5.41) is 2.22. The molecule has 0 saturated carbocycles. The summed E-state index contributed by atoms with van der Waals surface area (Å²) in [7, 11) is 0. The van der Waals surface area contributed by atoms with Crippen molar-refractivity contribution >= 4 is 34.0 Å². The van der Waals surface area contributed by atoms with Gasteiger partial charge in [-0.25, -0.2) is 0 Å². The van der Waals surface area contributed by atoms with Gasteiger partial charge in [0.15, 0.2) is 0 Å². The van der Waals surface area contributed by atoms with E-state index in [0.717, 1.165) is 79.6 Å². The van der Waals surface area contributed by atoms with Crippen LogP contribution in [0.25, 0.3) is 10.8 Å². The van der Waals surface area contributed by atoms with Crippen LogP contribution >= 0.6 is 0 Å². The fourth-order valence-electron chi connectivity index (χ4n) is 5.18. The molecule has 3 aromatic carbocycles. The molecule has 6 heteroatoms. The topological polar surface area (TPSA) is 53.1 Å². The van der Waals surface area contributed by atoms with Gasteiger partial charge in [-0.3, -0.25) is 14.5 Å². The third kappa shape index (κ3) is 4.89. The third-order valence-corrected chi connectivity index (χ3v) is 7.02. The smallest absolute Gasteiger partial charge is 0.320 e. The van der Waals surface area contributed by atoms with E-state index >= 15 is 0 Å². The molecule has 0 radical (unpaired) electrons. The zero-order chi connectivity index (χ0) is 24.2. The average molecular weight is 472 g/mol. The Balaban J connectivity index is 1.27. The number of hydrogen-bond donors (Lipinski definition) is 0. The van der Waals surface area contributed by atoms with Crippen molar-refractivity contribution < 1.29 is 14.3 Å². The Bertz CT molecular complexity index is 1210. The summed E-state index contributed by atoms with van der Waals surface area (Å²) in [6.07, 6.45) is 3.03. The van der Waals surface area contributed by atoms with Crippen molar-refractivity contribution in [1.82, 2.24) is 4.90 Å². The Morgan fingerprint density at radius 3 is 2.57 bits per heavy atom. The minimum absolute atomic E-state index is 0.118. The summed E-state index contributed by atoms with van der Waals surface area (Å²) in [5.74, 6) is -0.0643. The standard InChI is InChI=1S/C29H33N3O3/c1-2-3-17-32-26-14-13-25(23-11-7-12-24(28(23)26)29(32)34)31-16-8-15-30(18-19-31)20-27(33)35-21-22-9-5-4-6-10-22/h4-7,9-14H,2-3,8,15-21H2,1H3. The third-order valence-electron chi connectivity index (χ3n) is 7.02. The number of ether oxygens (including phenoxy) is 1. The van der Waals surface area contributed by atoms with Crippen molar-refractivity contribution in [3.05, 3.63) is 71.8 Å². The molecule has 6 nitrogen and oxygen atoms in total. The first kappa shape index (κ1) is 23.4. The summed E-state index contributed by atoms with van der Waals surface area (Å²) in [6, 6.07) is 20.2. The second kappa shape index (κ2) is 10.5. The molecule has 1 amide bonds. The largest absolute Gasteiger partial charge is 0.460 e. The number of unbranched alkanes of at least 4 members (excludes halogenated alkanes) is 1. The number of carbonyl (C=O) groups is 2. The van der Waals surface area contributed by atoms with E-state index in [9.17, 15) is 9.59 Å². The number of benzene rings is 3. The molecule has 182 valence electrons. The second-order valence-electron chi connectivity index (χ2n) is 9.41. The Hall–Kier alpha value is -3.38. The lowest BCUT2D eigenvalue weighted by Gasteiger charge is -2.25. The molecule has 0 aromatic heterocycles. The lowest BCUT2D eigenvalue weighted by atomic mass is 10.0. The number of rotatable bonds is 8. The maximum atomic E-state index is 13.1. The van der Waals surface area contributed by atoms with Crippen LogP contribution in [0.1, 0.15) is 42.1 Å².